The molecular weight excluding hydrogens is 325 g/mol. The van der Waals surface area contributed by atoms with E-state index in [9.17, 15) is 14.2 Å². The highest BCUT2D eigenvalue weighted by molar-refractivity contribution is 7.54. The zero-order chi connectivity index (χ0) is 17.2. The molecule has 0 aliphatic carbocycles. The summed E-state index contributed by atoms with van der Waals surface area (Å²) in [5.41, 5.74) is -0.636. The van der Waals surface area contributed by atoms with E-state index in [1.165, 1.54) is 15.8 Å². The van der Waals surface area contributed by atoms with Gasteiger partial charge in [0.25, 0.3) is 5.56 Å². The molecule has 1 N–H and O–H groups in total. The first kappa shape index (κ1) is 18.1. The van der Waals surface area contributed by atoms with Crippen molar-refractivity contribution in [2.45, 2.75) is 39.2 Å². The smallest absolute Gasteiger partial charge is 0.308 e. The molecule has 0 radical (unpaired) electrons. The van der Waals surface area contributed by atoms with Crippen LogP contribution in [0.5, 0.6) is 0 Å². The normalized spacial score (nSPS) is 22.6. The summed E-state index contributed by atoms with van der Waals surface area (Å²) in [4.78, 5) is 31.3. The zero-order valence-corrected chi connectivity index (χ0v) is 14.5. The quantitative estimate of drug-likeness (QED) is 0.771. The lowest BCUT2D eigenvalue weighted by Crippen LogP contribution is -2.33. The Labute approximate surface area is 133 Å². The molecule has 1 fully saturated rings. The van der Waals surface area contributed by atoms with Crippen LogP contribution in [0.1, 0.15) is 32.1 Å². The molecule has 1 aromatic heterocycles. The fraction of sp³-hybridized carbons (Fsp3) is 0.692. The Bertz CT molecular complexity index is 704. The lowest BCUT2D eigenvalue weighted by atomic mass is 10.3. The van der Waals surface area contributed by atoms with Gasteiger partial charge in [0, 0.05) is 25.2 Å². The average molecular weight is 347 g/mol. The number of H-pyrrole nitrogens is 1. The number of hydrogen-bond acceptors (Lipinski definition) is 7. The van der Waals surface area contributed by atoms with Crippen LogP contribution in [0.25, 0.3) is 0 Å². The molecule has 0 bridgehead atoms. The molecule has 1 aliphatic heterocycles. The predicted molar refractivity (Wildman–Crippen MR) is 83.2 cm³/mol. The SMILES string of the molecule is CCOP(=O)(OCC)[C@@H]1C[C@H](n2cc(C)c(=O)[nH]c2=O)ON1C. The van der Waals surface area contributed by atoms with Gasteiger partial charge in [0.2, 0.25) is 0 Å². The van der Waals surface area contributed by atoms with Crippen LogP contribution in [-0.4, -0.2) is 40.7 Å². The molecule has 2 rings (SSSR count). The lowest BCUT2D eigenvalue weighted by Gasteiger charge is -2.25. The monoisotopic (exact) mass is 347 g/mol. The molecule has 130 valence electrons. The Hall–Kier alpha value is -1.25. The number of hydroxylamine groups is 2. The summed E-state index contributed by atoms with van der Waals surface area (Å²) in [7, 11) is -1.79. The van der Waals surface area contributed by atoms with E-state index < -0.39 is 30.9 Å². The van der Waals surface area contributed by atoms with Crippen molar-refractivity contribution in [1.82, 2.24) is 14.6 Å². The molecule has 23 heavy (non-hydrogen) atoms. The van der Waals surface area contributed by atoms with E-state index >= 15 is 0 Å². The summed E-state index contributed by atoms with van der Waals surface area (Å²) >= 11 is 0. The molecule has 9 nitrogen and oxygen atoms in total. The van der Waals surface area contributed by atoms with E-state index in [4.69, 9.17) is 13.9 Å². The molecule has 0 spiro atoms. The second kappa shape index (κ2) is 7.11. The Morgan fingerprint density at radius 3 is 2.52 bits per heavy atom. The second-order valence-electron chi connectivity index (χ2n) is 5.18. The van der Waals surface area contributed by atoms with E-state index in [0.717, 1.165) is 0 Å². The molecular formula is C13H22N3O6P. The third-order valence-corrected chi connectivity index (χ3v) is 6.06. The highest BCUT2D eigenvalue weighted by Crippen LogP contribution is 2.58. The Kier molecular flexibility index (Phi) is 5.59. The number of aromatic nitrogens is 2. The van der Waals surface area contributed by atoms with Gasteiger partial charge in [-0.3, -0.25) is 23.7 Å². The van der Waals surface area contributed by atoms with E-state index in [-0.39, 0.29) is 19.6 Å². The minimum atomic E-state index is -3.40. The summed E-state index contributed by atoms with van der Waals surface area (Å²) in [6, 6.07) is 0. The fourth-order valence-electron chi connectivity index (χ4n) is 2.50. The number of nitrogens with one attached hydrogen (secondary N) is 1. The second-order valence-corrected chi connectivity index (χ2v) is 7.37. The van der Waals surface area contributed by atoms with Crippen LogP contribution in [0.3, 0.4) is 0 Å². The molecule has 2 atom stereocenters. The van der Waals surface area contributed by atoms with Gasteiger partial charge in [-0.25, -0.2) is 4.79 Å². The molecule has 1 aromatic rings. The largest absolute Gasteiger partial charge is 0.350 e. The molecule has 0 unspecified atom stereocenters. The third kappa shape index (κ3) is 3.64. The van der Waals surface area contributed by atoms with Gasteiger partial charge >= 0.3 is 13.3 Å². The molecule has 2 heterocycles. The fourth-order valence-corrected chi connectivity index (χ4v) is 4.53. The van der Waals surface area contributed by atoms with Crippen LogP contribution in [0, 0.1) is 6.92 Å². The summed E-state index contributed by atoms with van der Waals surface area (Å²) < 4.78 is 24.9. The van der Waals surface area contributed by atoms with Crippen molar-refractivity contribution < 1.29 is 18.5 Å². The van der Waals surface area contributed by atoms with Gasteiger partial charge in [0.05, 0.1) is 13.2 Å². The van der Waals surface area contributed by atoms with Gasteiger partial charge in [0.15, 0.2) is 6.23 Å². The average Bonchev–Trinajstić information content (AvgIpc) is 2.86. The summed E-state index contributed by atoms with van der Waals surface area (Å²) in [6.45, 7) is 5.54. The molecule has 1 aliphatic rings. The molecule has 1 saturated heterocycles. The van der Waals surface area contributed by atoms with Crippen molar-refractivity contribution >= 4 is 7.60 Å². The van der Waals surface area contributed by atoms with Gasteiger partial charge < -0.3 is 9.05 Å². The van der Waals surface area contributed by atoms with Gasteiger partial charge in [-0.05, 0) is 20.8 Å². The minimum absolute atomic E-state index is 0.235. The maximum atomic E-state index is 12.9. The minimum Gasteiger partial charge on any atom is -0.308 e. The standard InChI is InChI=1S/C13H22N3O6P/c1-5-20-23(19,21-6-2)11-7-10(22-15(11)4)16-8-9(3)12(17)14-13(16)18/h8,10-11H,5-7H2,1-4H3,(H,14,17,18)/t10-,11-/m1/s1. The lowest BCUT2D eigenvalue weighted by molar-refractivity contribution is -0.160. The van der Waals surface area contributed by atoms with Crippen molar-refractivity contribution in [3.63, 3.8) is 0 Å². The molecule has 10 heteroatoms. The topological polar surface area (TPSA) is 103 Å². The maximum absolute atomic E-state index is 12.9. The number of aryl methyl sites for hydroxylation is 1. The first-order valence-electron chi connectivity index (χ1n) is 7.42. The number of rotatable bonds is 6. The van der Waals surface area contributed by atoms with E-state index in [1.54, 1.807) is 27.8 Å². The summed E-state index contributed by atoms with van der Waals surface area (Å²) in [5.74, 6) is -0.633. The van der Waals surface area contributed by atoms with Crippen LogP contribution in [0.15, 0.2) is 15.8 Å². The van der Waals surface area contributed by atoms with Crippen LogP contribution in [0.2, 0.25) is 0 Å². The number of hydrogen-bond donors (Lipinski definition) is 1. The third-order valence-electron chi connectivity index (χ3n) is 3.56. The van der Waals surface area contributed by atoms with E-state index in [0.29, 0.717) is 5.56 Å². The van der Waals surface area contributed by atoms with Gasteiger partial charge in [-0.15, -0.1) is 0 Å². The van der Waals surface area contributed by atoms with Crippen molar-refractivity contribution in [2.75, 3.05) is 20.3 Å². The van der Waals surface area contributed by atoms with E-state index in [2.05, 4.69) is 4.98 Å². The van der Waals surface area contributed by atoms with Crippen molar-refractivity contribution in [2.24, 2.45) is 0 Å². The highest BCUT2D eigenvalue weighted by Gasteiger charge is 2.46. The van der Waals surface area contributed by atoms with Crippen LogP contribution in [0.4, 0.5) is 0 Å². The molecule has 0 saturated carbocycles. The summed E-state index contributed by atoms with van der Waals surface area (Å²) in [5, 5.41) is 1.39. The Balaban J connectivity index is 2.31. The van der Waals surface area contributed by atoms with E-state index in [1.807, 2.05) is 0 Å². The Morgan fingerprint density at radius 2 is 1.96 bits per heavy atom. The molecule has 0 amide bonds. The van der Waals surface area contributed by atoms with Crippen LogP contribution >= 0.6 is 7.60 Å². The first-order chi connectivity index (χ1) is 10.8. The number of aromatic amines is 1. The van der Waals surface area contributed by atoms with Crippen molar-refractivity contribution in [3.05, 3.63) is 32.6 Å². The van der Waals surface area contributed by atoms with Crippen LogP contribution < -0.4 is 11.2 Å². The van der Waals surface area contributed by atoms with Crippen molar-refractivity contribution in [3.8, 4) is 0 Å². The summed E-state index contributed by atoms with van der Waals surface area (Å²) in [6.07, 6.45) is 0.968. The predicted octanol–water partition coefficient (Wildman–Crippen LogP) is 1.20. The van der Waals surface area contributed by atoms with Crippen molar-refractivity contribution in [1.29, 1.82) is 0 Å². The highest BCUT2D eigenvalue weighted by atomic mass is 31.2. The zero-order valence-electron chi connectivity index (χ0n) is 13.6. The van der Waals surface area contributed by atoms with Crippen LogP contribution in [-0.2, 0) is 18.5 Å². The number of nitrogens with zero attached hydrogens (tertiary/aromatic N) is 2. The first-order valence-corrected chi connectivity index (χ1v) is 9.04. The molecule has 0 aromatic carbocycles. The van der Waals surface area contributed by atoms with Gasteiger partial charge in [-0.2, -0.15) is 5.06 Å². The van der Waals surface area contributed by atoms with Gasteiger partial charge in [-0.1, -0.05) is 0 Å². The maximum Gasteiger partial charge on any atom is 0.350 e. The Morgan fingerprint density at radius 1 is 1.35 bits per heavy atom. The van der Waals surface area contributed by atoms with Gasteiger partial charge in [0.1, 0.15) is 5.78 Å².